The van der Waals surface area contributed by atoms with Crippen LogP contribution in [0.3, 0.4) is 0 Å². The first-order chi connectivity index (χ1) is 6.27. The molecule has 0 aliphatic carbocycles. The summed E-state index contributed by atoms with van der Waals surface area (Å²) in [5.74, 6) is -1.49. The third-order valence-electron chi connectivity index (χ3n) is 0.605. The van der Waals surface area contributed by atoms with Crippen molar-refractivity contribution in [2.24, 2.45) is 0 Å². The minimum absolute atomic E-state index is 0. The molecule has 0 aliphatic heterocycles. The van der Waals surface area contributed by atoms with Crippen LogP contribution in [0.15, 0.2) is 0 Å². The molecule has 0 aromatic rings. The molecule has 5 N–H and O–H groups in total. The van der Waals surface area contributed by atoms with E-state index in [9.17, 15) is 9.59 Å². The third kappa shape index (κ3) is 147. The quantitative estimate of drug-likeness (QED) is 0.347. The fraction of sp³-hybridized carbons (Fsp3) is 0.667. The molecule has 0 aromatic carbocycles. The molecule has 0 radical (unpaired) electrons. The molecule has 0 amide bonds. The van der Waals surface area contributed by atoms with E-state index in [2.05, 4.69) is 0 Å². The predicted octanol–water partition coefficient (Wildman–Crippen LogP) is -1.74. The average Bonchev–Trinajstić information content (AvgIpc) is 2.04. The standard InChI is InChI=1S/2C3H6O2.BH3O3.Li.H/c2*1-2-3(4)5;2-1(3)4;;/h2*2H2,1H3,(H,4,5);2-4H;;. The molecule has 0 rings (SSSR count). The van der Waals surface area contributed by atoms with E-state index in [4.69, 9.17) is 25.3 Å². The summed E-state index contributed by atoms with van der Waals surface area (Å²) < 4.78 is 0. The van der Waals surface area contributed by atoms with E-state index in [-0.39, 0.29) is 31.7 Å². The van der Waals surface area contributed by atoms with Gasteiger partial charge in [0.25, 0.3) is 0 Å². The zero-order valence-corrected chi connectivity index (χ0v) is 8.04. The molecule has 0 unspecified atom stereocenters. The summed E-state index contributed by atoms with van der Waals surface area (Å²) in [5, 5.41) is 36.9. The molecule has 0 fully saturated rings. The second kappa shape index (κ2) is 19.1. The third-order valence-corrected chi connectivity index (χ3v) is 0.605. The fourth-order valence-corrected chi connectivity index (χ4v) is 0. The molecule has 0 saturated heterocycles. The Bertz CT molecular complexity index is 136. The molecular formula is C6H16BLiO7. The number of rotatable bonds is 2. The van der Waals surface area contributed by atoms with Crippen LogP contribution in [0.1, 0.15) is 26.7 Å². The molecule has 0 saturated carbocycles. The number of carboxylic acid groups (broad SMARTS) is 2. The van der Waals surface area contributed by atoms with Gasteiger partial charge in [0.1, 0.15) is 0 Å². The van der Waals surface area contributed by atoms with Crippen molar-refractivity contribution in [2.45, 2.75) is 26.7 Å². The van der Waals surface area contributed by atoms with Gasteiger partial charge in [-0.05, 0) is 0 Å². The van der Waals surface area contributed by atoms with Gasteiger partial charge in [-0.2, -0.15) is 0 Å². The Morgan fingerprint density at radius 1 is 0.933 bits per heavy atom. The van der Waals surface area contributed by atoms with Crippen LogP contribution in [-0.2, 0) is 9.59 Å². The van der Waals surface area contributed by atoms with E-state index in [0.717, 1.165) is 0 Å². The van der Waals surface area contributed by atoms with E-state index in [1.165, 1.54) is 0 Å². The molecule has 0 aromatic heterocycles. The molecule has 9 heteroatoms. The molecule has 7 nitrogen and oxygen atoms in total. The number of carboxylic acids is 2. The summed E-state index contributed by atoms with van der Waals surface area (Å²) in [7, 11) is -2.17. The molecular weight excluding hydrogens is 202 g/mol. The van der Waals surface area contributed by atoms with Gasteiger partial charge in [-0.25, -0.2) is 0 Å². The first-order valence-corrected chi connectivity index (χ1v) is 3.75. The maximum atomic E-state index is 9.37. The Labute approximate surface area is 100 Å². The van der Waals surface area contributed by atoms with Gasteiger partial charge in [-0.15, -0.1) is 0 Å². The molecule has 0 spiro atoms. The van der Waals surface area contributed by atoms with Gasteiger partial charge in [0.2, 0.25) is 0 Å². The zero-order chi connectivity index (χ0) is 12.1. The van der Waals surface area contributed by atoms with Crippen LogP contribution in [0.25, 0.3) is 0 Å². The van der Waals surface area contributed by atoms with Crippen LogP contribution in [0.4, 0.5) is 0 Å². The zero-order valence-electron chi connectivity index (χ0n) is 8.04. The summed E-state index contributed by atoms with van der Waals surface area (Å²) in [4.78, 5) is 18.7. The van der Waals surface area contributed by atoms with Crippen molar-refractivity contribution >= 4 is 38.1 Å². The Kier molecular flexibility index (Phi) is 30.5. The average molecular weight is 218 g/mol. The summed E-state index contributed by atoms with van der Waals surface area (Å²) in [6.45, 7) is 3.20. The second-order valence-corrected chi connectivity index (χ2v) is 1.84. The first kappa shape index (κ1) is 24.0. The second-order valence-electron chi connectivity index (χ2n) is 1.84. The van der Waals surface area contributed by atoms with E-state index < -0.39 is 19.3 Å². The van der Waals surface area contributed by atoms with Crippen molar-refractivity contribution < 1.29 is 34.9 Å². The van der Waals surface area contributed by atoms with Crippen LogP contribution in [-0.4, -0.2) is 63.4 Å². The van der Waals surface area contributed by atoms with Crippen molar-refractivity contribution in [1.29, 1.82) is 0 Å². The fourth-order valence-electron chi connectivity index (χ4n) is 0. The van der Waals surface area contributed by atoms with Crippen molar-refractivity contribution in [3.05, 3.63) is 0 Å². The summed E-state index contributed by atoms with van der Waals surface area (Å²) >= 11 is 0. The Morgan fingerprint density at radius 2 is 1.00 bits per heavy atom. The molecule has 0 atom stereocenters. The summed E-state index contributed by atoms with van der Waals surface area (Å²) in [6.07, 6.45) is 0.444. The van der Waals surface area contributed by atoms with E-state index in [1.54, 1.807) is 13.8 Å². The maximum absolute atomic E-state index is 9.37. The summed E-state index contributed by atoms with van der Waals surface area (Å²) in [6, 6.07) is 0. The van der Waals surface area contributed by atoms with E-state index in [0.29, 0.717) is 0 Å². The first-order valence-electron chi connectivity index (χ1n) is 3.75. The number of aliphatic carboxylic acids is 2. The molecule has 0 aliphatic rings. The Hall–Kier alpha value is -0.518. The van der Waals surface area contributed by atoms with Gasteiger partial charge in [0.05, 0.1) is 0 Å². The topological polar surface area (TPSA) is 135 Å². The van der Waals surface area contributed by atoms with Gasteiger partial charge in [0.15, 0.2) is 0 Å². The van der Waals surface area contributed by atoms with Gasteiger partial charge in [-0.1, -0.05) is 13.8 Å². The van der Waals surface area contributed by atoms with Gasteiger partial charge in [0, 0.05) is 12.8 Å². The normalized spacial score (nSPS) is 6.73. The van der Waals surface area contributed by atoms with E-state index in [1.807, 2.05) is 0 Å². The monoisotopic (exact) mass is 218 g/mol. The number of carbonyl (C=O) groups is 2. The van der Waals surface area contributed by atoms with Crippen LogP contribution in [0, 0.1) is 0 Å². The number of hydrogen-bond acceptors (Lipinski definition) is 5. The van der Waals surface area contributed by atoms with Crippen LogP contribution < -0.4 is 0 Å². The molecule has 86 valence electrons. The van der Waals surface area contributed by atoms with Gasteiger partial charge < -0.3 is 25.3 Å². The number of hydrogen-bond donors (Lipinski definition) is 5. The van der Waals surface area contributed by atoms with Crippen molar-refractivity contribution in [2.75, 3.05) is 0 Å². The SMILES string of the molecule is CCC(=O)O.CCC(=O)O.OB(O)O.[LiH]. The predicted molar refractivity (Wildman–Crippen MR) is 55.4 cm³/mol. The van der Waals surface area contributed by atoms with Crippen LogP contribution in [0.5, 0.6) is 0 Å². The Morgan fingerprint density at radius 3 is 1.00 bits per heavy atom. The molecule has 15 heavy (non-hydrogen) atoms. The van der Waals surface area contributed by atoms with E-state index >= 15 is 0 Å². The molecule has 0 bridgehead atoms. The summed E-state index contributed by atoms with van der Waals surface area (Å²) in [5.41, 5.74) is 0. The van der Waals surface area contributed by atoms with Crippen molar-refractivity contribution in [3.63, 3.8) is 0 Å². The van der Waals surface area contributed by atoms with Crippen molar-refractivity contribution in [3.8, 4) is 0 Å². The van der Waals surface area contributed by atoms with Gasteiger partial charge >= 0.3 is 38.1 Å². The van der Waals surface area contributed by atoms with Crippen LogP contribution >= 0.6 is 0 Å². The van der Waals surface area contributed by atoms with Crippen LogP contribution in [0.2, 0.25) is 0 Å². The molecule has 0 heterocycles. The minimum atomic E-state index is -2.17. The van der Waals surface area contributed by atoms with Gasteiger partial charge in [-0.3, -0.25) is 9.59 Å². The Balaban J connectivity index is -0.0000000590. The van der Waals surface area contributed by atoms with Crippen molar-refractivity contribution in [1.82, 2.24) is 0 Å².